The summed E-state index contributed by atoms with van der Waals surface area (Å²) in [6.45, 7) is -8.32. The van der Waals surface area contributed by atoms with Crippen LogP contribution in [0.2, 0.25) is 0 Å². The molecule has 0 aliphatic carbocycles. The van der Waals surface area contributed by atoms with E-state index < -0.39 is 125 Å². The van der Waals surface area contributed by atoms with Crippen molar-refractivity contribution >= 4 is 248 Å². The average Bonchev–Trinajstić information content (AvgIpc) is 2.97. The van der Waals surface area contributed by atoms with E-state index in [1.54, 1.807) is 0 Å². The van der Waals surface area contributed by atoms with Crippen molar-refractivity contribution in [1.29, 1.82) is 0 Å². The molecule has 0 fully saturated rings. The molecule has 26 nitrogen and oxygen atoms in total. The number of carboxylic acids is 10. The first-order valence-electron chi connectivity index (χ1n) is 15.3. The Morgan fingerprint density at radius 1 is 0.219 bits per heavy atom. The first-order valence-corrected chi connectivity index (χ1v) is 15.3. The summed E-state index contributed by atoms with van der Waals surface area (Å²) in [5.74, 6) is -15.3. The van der Waals surface area contributed by atoms with Gasteiger partial charge in [-0.05, 0) is 0 Å². The Bertz CT molecular complexity index is 1150. The summed E-state index contributed by atoms with van der Waals surface area (Å²) in [6.07, 6.45) is 0. The summed E-state index contributed by atoms with van der Waals surface area (Å²) in [7, 11) is 0. The zero-order valence-corrected chi connectivity index (χ0v) is 61.5. The molecule has 36 heteroatoms. The van der Waals surface area contributed by atoms with Crippen molar-refractivity contribution in [2.75, 3.05) is 118 Å². The molecule has 0 saturated heterocycles. The molecule has 0 saturated carbocycles. The maximum Gasteiger partial charge on any atom is 2.00 e. The number of aliphatic carboxylic acids is 10. The van der Waals surface area contributed by atoms with Crippen LogP contribution in [0.5, 0.6) is 0 Å². The number of nitrogens with zero attached hydrogens (tertiary/aromatic N) is 6. The average molecular weight is 1310 g/mol. The Hall–Kier alpha value is 3.88. The summed E-state index contributed by atoms with van der Waals surface area (Å²) < 4.78 is 0. The second-order valence-corrected chi connectivity index (χ2v) is 11.1. The zero-order chi connectivity index (χ0) is 42.0. The molecule has 0 atom stereocenters. The molecular weight excluding hydrogens is 1270 g/mol. The third-order valence-electron chi connectivity index (χ3n) is 6.46. The first kappa shape index (κ1) is 97.2. The van der Waals surface area contributed by atoms with Crippen LogP contribution in [0.4, 0.5) is 0 Å². The van der Waals surface area contributed by atoms with Crippen LogP contribution in [-0.2, 0) is 145 Å². The van der Waals surface area contributed by atoms with Crippen molar-refractivity contribution in [3.05, 3.63) is 0 Å². The molecule has 328 valence electrons. The minimum absolute atomic E-state index is 0. The van der Waals surface area contributed by atoms with E-state index in [-0.39, 0.29) is 353 Å². The molecule has 0 rings (SSSR count). The van der Waals surface area contributed by atoms with Gasteiger partial charge in [-0.1, -0.05) is 0 Å². The second-order valence-electron chi connectivity index (χ2n) is 11.1. The third kappa shape index (κ3) is 68.0. The molecule has 0 radical (unpaired) electrons. The van der Waals surface area contributed by atoms with Crippen LogP contribution >= 0.6 is 0 Å². The quantitative estimate of drug-likeness (QED) is 0.0564. The molecule has 0 bridgehead atoms. The second kappa shape index (κ2) is 59.4. The normalized spacial score (nSPS) is 9.34. The Labute approximate surface area is 596 Å². The topological polar surface area (TPSA) is 421 Å². The number of carboxylic acid groups (broad SMARTS) is 10. The minimum atomic E-state index is -1.54. The Kier molecular flexibility index (Phi) is 90.3. The van der Waals surface area contributed by atoms with Crippen LogP contribution in [-0.4, -0.2) is 396 Å². The summed E-state index contributed by atoms with van der Waals surface area (Å²) in [5, 5.41) is 107. The summed E-state index contributed by atoms with van der Waals surface area (Å²) in [4.78, 5) is 113. The fraction of sp³-hybridized carbons (Fsp3) is 0.643. The summed E-state index contributed by atoms with van der Waals surface area (Å²) in [5.41, 5.74) is 0. The fourth-order valence-corrected chi connectivity index (χ4v) is 4.35. The van der Waals surface area contributed by atoms with E-state index in [0.29, 0.717) is 0 Å². The standard InChI is InChI=1S/2C14H23N3O10.5Ca.5Zn.10H/c2*18-10(19)5-15(1-3-16(6-11(20)21)7-12(22)23)2-4-17(8-13(24)25)9-14(26)27;;;;;;;;;;;;;;;;;;;;/h2*1-9H2,(H,18,19)(H,20,21)(H,22,23)(H,24,25)(H,26,27);;;;;;;;;;;;;;;;;;;;/q;;10*+2;10*-1/p-10. The molecule has 0 aromatic rings. The van der Waals surface area contributed by atoms with E-state index in [4.69, 9.17) is 0 Å². The molecule has 0 aliphatic heterocycles. The number of carbonyl (C=O) groups excluding carboxylic acids is 10. The molecule has 0 N–H and O–H groups in total. The predicted octanol–water partition coefficient (Wildman–Crippen LogP) is -19.5. The molecule has 0 aliphatic rings. The maximum atomic E-state index is 10.8. The van der Waals surface area contributed by atoms with Gasteiger partial charge >= 0.3 is 286 Å². The molecule has 0 aromatic heterocycles. The van der Waals surface area contributed by atoms with Crippen molar-refractivity contribution in [2.45, 2.75) is 0 Å². The van der Waals surface area contributed by atoms with Crippen LogP contribution in [0, 0.1) is 0 Å². The van der Waals surface area contributed by atoms with Gasteiger partial charge in [0.05, 0.1) is 59.7 Å². The molecule has 0 aromatic carbocycles. The van der Waals surface area contributed by atoms with Gasteiger partial charge in [-0.3, -0.25) is 29.4 Å². The molecule has 0 spiro atoms. The van der Waals surface area contributed by atoms with Crippen molar-refractivity contribution in [1.82, 2.24) is 29.4 Å². The van der Waals surface area contributed by atoms with Crippen LogP contribution < -0.4 is 51.1 Å². The van der Waals surface area contributed by atoms with E-state index in [0.717, 1.165) is 19.6 Å². The Balaban J connectivity index is -0.0000000288. The molecule has 0 heterocycles. The van der Waals surface area contributed by atoms with E-state index in [9.17, 15) is 99.0 Å². The molecular formula is C28H46Ca5N6O20Zn5. The largest absolute Gasteiger partial charge is 2.00 e. The molecule has 64 heavy (non-hydrogen) atoms. The van der Waals surface area contributed by atoms with Gasteiger partial charge < -0.3 is 113 Å². The fourth-order valence-electron chi connectivity index (χ4n) is 4.35. The van der Waals surface area contributed by atoms with Crippen LogP contribution in [0.1, 0.15) is 14.3 Å². The first-order chi connectivity index (χ1) is 25.0. The Morgan fingerprint density at radius 3 is 0.391 bits per heavy atom. The summed E-state index contributed by atoms with van der Waals surface area (Å²) in [6, 6.07) is 0. The van der Waals surface area contributed by atoms with Gasteiger partial charge in [-0.25, -0.2) is 0 Å². The van der Waals surface area contributed by atoms with Crippen LogP contribution in [0.15, 0.2) is 0 Å². The van der Waals surface area contributed by atoms with E-state index in [2.05, 4.69) is 0 Å². The smallest absolute Gasteiger partial charge is 1.00 e. The van der Waals surface area contributed by atoms with Gasteiger partial charge in [0.2, 0.25) is 0 Å². The van der Waals surface area contributed by atoms with Crippen LogP contribution in [0.3, 0.4) is 0 Å². The van der Waals surface area contributed by atoms with Crippen molar-refractivity contribution in [3.8, 4) is 0 Å². The van der Waals surface area contributed by atoms with Gasteiger partial charge in [-0.15, -0.1) is 0 Å². The minimum Gasteiger partial charge on any atom is -1.00 e. The number of hydrogen-bond acceptors (Lipinski definition) is 26. The number of carbonyl (C=O) groups is 10. The van der Waals surface area contributed by atoms with Crippen molar-refractivity contribution in [2.24, 2.45) is 0 Å². The Morgan fingerprint density at radius 2 is 0.297 bits per heavy atom. The number of rotatable bonds is 32. The SMILES string of the molecule is O=C([O-])CN(CCN(CC(=O)[O-])CC(=O)[O-])CCN(CC(=O)[O-])CC(=O)[O-].O=C([O-])CN(CCN(CC(=O)[O-])CC(=O)[O-])CCN(CC(=O)[O-])CC(=O)[O-].[Ca+2].[Ca+2].[Ca+2].[Ca+2].[Ca+2].[H-].[H-].[H-].[H-].[H-].[H-].[H-].[H-].[H-].[H-].[Zn+2].[Zn+2].[Zn+2].[Zn+2].[Zn+2]. The van der Waals surface area contributed by atoms with Gasteiger partial charge in [0.25, 0.3) is 0 Å². The van der Waals surface area contributed by atoms with Crippen LogP contribution in [0.25, 0.3) is 0 Å². The van der Waals surface area contributed by atoms with E-state index in [1.807, 2.05) is 0 Å². The van der Waals surface area contributed by atoms with E-state index in [1.165, 1.54) is 9.80 Å². The van der Waals surface area contributed by atoms with Gasteiger partial charge in [-0.2, -0.15) is 0 Å². The maximum absolute atomic E-state index is 10.8. The van der Waals surface area contributed by atoms with E-state index >= 15 is 0 Å². The predicted molar refractivity (Wildman–Crippen MR) is 189 cm³/mol. The van der Waals surface area contributed by atoms with Gasteiger partial charge in [0.1, 0.15) is 0 Å². The number of hydrogen-bond donors (Lipinski definition) is 0. The van der Waals surface area contributed by atoms with Gasteiger partial charge in [0.15, 0.2) is 0 Å². The third-order valence-corrected chi connectivity index (χ3v) is 6.46. The zero-order valence-electron chi connectivity index (χ0n) is 45.6. The molecule has 0 amide bonds. The van der Waals surface area contributed by atoms with Crippen molar-refractivity contribution in [3.63, 3.8) is 0 Å². The van der Waals surface area contributed by atoms with Gasteiger partial charge in [0, 0.05) is 118 Å². The monoisotopic (exact) mass is 1310 g/mol. The van der Waals surface area contributed by atoms with Crippen molar-refractivity contribution < 1.29 is 211 Å². The summed E-state index contributed by atoms with van der Waals surface area (Å²) >= 11 is 0. The molecule has 0 unspecified atom stereocenters.